The molecule has 4 heteroatoms. The van der Waals surface area contributed by atoms with Crippen LogP contribution >= 0.6 is 0 Å². The van der Waals surface area contributed by atoms with Crippen molar-refractivity contribution in [2.75, 3.05) is 37.6 Å². The van der Waals surface area contributed by atoms with Gasteiger partial charge >= 0.3 is 0 Å². The summed E-state index contributed by atoms with van der Waals surface area (Å²) in [6, 6.07) is 62.2. The fourth-order valence-corrected chi connectivity index (χ4v) is 7.45. The molecule has 0 unspecified atom stereocenters. The van der Waals surface area contributed by atoms with Crippen LogP contribution in [0.15, 0.2) is 207 Å². The van der Waals surface area contributed by atoms with Crippen LogP contribution in [-0.4, -0.2) is 47.2 Å². The standard InChI is InChI=1S/C10H13N.C10H11N.C10H8.C9H8.C7H15N.C6H6.C5H5N.4C3H8.14C2H6/c2*1-2-11-8-7-9-5-3-4-6-10(9)11;1-2-6-10-8-4-3-7-9(10)5-1;1-2-5-9-7-3-6-8(9)4-1;1-2-8-6-4-3-5-7-8;2*1-2-4-6-5-3-1;4*1-3-2;14*1-2/h3-6H,2,7-8H2,1H3;3-8H,2H2,1H3;1-8H;1-6H,7H2;2-7H2,1H3;1-6H;1-5H;4*3H2,1-2H3;14*1-2H3. The number of aryl methyl sites for hydroxylation is 1. The van der Waals surface area contributed by atoms with E-state index in [4.69, 9.17) is 0 Å². The highest BCUT2D eigenvalue weighted by Crippen LogP contribution is 2.26. The number of likely N-dealkylation sites (tertiary alicyclic amines) is 1. The Kier molecular flexibility index (Phi) is 169. The number of likely N-dealkylation sites (N-methyl/N-ethyl adjacent to an activating group) is 1. The van der Waals surface area contributed by atoms with Crippen molar-refractivity contribution in [1.82, 2.24) is 14.5 Å². The molecule has 0 saturated carbocycles. The molecule has 8 aromatic rings. The van der Waals surface area contributed by atoms with E-state index < -0.39 is 0 Å². The van der Waals surface area contributed by atoms with Crippen molar-refractivity contribution >= 4 is 33.4 Å². The van der Waals surface area contributed by atoms with Gasteiger partial charge in [0.1, 0.15) is 0 Å². The first-order valence-corrected chi connectivity index (χ1v) is 42.0. The first kappa shape index (κ1) is 128. The molecule has 6 aromatic carbocycles. The van der Waals surface area contributed by atoms with Gasteiger partial charge in [-0.2, -0.15) is 0 Å². The lowest BCUT2D eigenvalue weighted by Crippen LogP contribution is -2.29. The third kappa shape index (κ3) is 87.9. The van der Waals surface area contributed by atoms with Gasteiger partial charge in [0, 0.05) is 49.4 Å². The van der Waals surface area contributed by atoms with Crippen LogP contribution in [0, 0.1) is 0 Å². The maximum absolute atomic E-state index is 3.78. The van der Waals surface area contributed by atoms with Crippen molar-refractivity contribution in [3.05, 3.63) is 223 Å². The van der Waals surface area contributed by atoms with E-state index in [9.17, 15) is 0 Å². The van der Waals surface area contributed by atoms with Gasteiger partial charge in [-0.3, -0.25) is 4.98 Å². The zero-order valence-electron chi connectivity index (χ0n) is 75.6. The molecular formula is C97H182N4. The van der Waals surface area contributed by atoms with Gasteiger partial charge in [0.2, 0.25) is 0 Å². The van der Waals surface area contributed by atoms with Crippen LogP contribution in [0.1, 0.15) is 332 Å². The summed E-state index contributed by atoms with van der Waals surface area (Å²) in [4.78, 5) is 8.73. The van der Waals surface area contributed by atoms with E-state index in [2.05, 4.69) is 241 Å². The van der Waals surface area contributed by atoms with Gasteiger partial charge < -0.3 is 14.4 Å². The van der Waals surface area contributed by atoms with Crippen LogP contribution in [0.2, 0.25) is 0 Å². The minimum absolute atomic E-state index is 1.05. The number of anilines is 1. The van der Waals surface area contributed by atoms with Gasteiger partial charge in [-0.1, -0.05) is 452 Å². The number of hydrogen-bond donors (Lipinski definition) is 0. The molecule has 1 saturated heterocycles. The van der Waals surface area contributed by atoms with Gasteiger partial charge in [0.25, 0.3) is 0 Å². The third-order valence-corrected chi connectivity index (χ3v) is 10.9. The molecule has 4 heterocycles. The predicted molar refractivity (Wildman–Crippen MR) is 488 cm³/mol. The Bertz CT molecular complexity index is 2270. The van der Waals surface area contributed by atoms with Crippen molar-refractivity contribution in [1.29, 1.82) is 0 Å². The maximum atomic E-state index is 3.78. The Morgan fingerprint density at radius 3 is 0.941 bits per heavy atom. The highest BCUT2D eigenvalue weighted by molar-refractivity contribution is 5.82. The maximum Gasteiger partial charge on any atom is 0.0480 e. The number of hydrogen-bond acceptors (Lipinski definition) is 3. The molecule has 0 bridgehead atoms. The molecule has 1 aliphatic carbocycles. The first-order valence-electron chi connectivity index (χ1n) is 42.0. The largest absolute Gasteiger partial charge is 0.371 e. The Hall–Kier alpha value is -6.23. The van der Waals surface area contributed by atoms with Crippen LogP contribution in [0.25, 0.3) is 27.8 Å². The number of piperidine rings is 1. The first-order chi connectivity index (χ1) is 49.9. The molecule has 3 aliphatic rings. The predicted octanol–water partition coefficient (Wildman–Crippen LogP) is 34.1. The lowest BCUT2D eigenvalue weighted by Gasteiger charge is -2.24. The summed E-state index contributed by atoms with van der Waals surface area (Å²) in [5.74, 6) is 0. The van der Waals surface area contributed by atoms with E-state index in [-0.39, 0.29) is 0 Å². The van der Waals surface area contributed by atoms with Gasteiger partial charge in [-0.15, -0.1) is 0 Å². The smallest absolute Gasteiger partial charge is 0.0480 e. The Morgan fingerprint density at radius 1 is 0.297 bits per heavy atom. The van der Waals surface area contributed by atoms with E-state index in [0.29, 0.717) is 0 Å². The molecule has 2 aliphatic heterocycles. The lowest BCUT2D eigenvalue weighted by atomic mass is 10.1. The zero-order valence-corrected chi connectivity index (χ0v) is 75.6. The van der Waals surface area contributed by atoms with Gasteiger partial charge in [-0.05, 0) is 122 Å². The summed E-state index contributed by atoms with van der Waals surface area (Å²) in [5.41, 5.74) is 7.12. The topological polar surface area (TPSA) is 24.3 Å². The summed E-state index contributed by atoms with van der Waals surface area (Å²) in [7, 11) is 0. The molecule has 11 rings (SSSR count). The number of benzene rings is 6. The Morgan fingerprint density at radius 2 is 0.624 bits per heavy atom. The second-order valence-electron chi connectivity index (χ2n) is 17.8. The Labute approximate surface area is 639 Å². The van der Waals surface area contributed by atoms with Crippen LogP contribution in [-0.2, 0) is 19.4 Å². The number of pyridine rings is 1. The minimum Gasteiger partial charge on any atom is -0.371 e. The lowest BCUT2D eigenvalue weighted by molar-refractivity contribution is 0.240. The highest BCUT2D eigenvalue weighted by atomic mass is 15.1. The van der Waals surface area contributed by atoms with Crippen LogP contribution in [0.4, 0.5) is 5.69 Å². The summed E-state index contributed by atoms with van der Waals surface area (Å²) >= 11 is 0. The van der Waals surface area contributed by atoms with Gasteiger partial charge in [0.05, 0.1) is 0 Å². The molecule has 0 radical (unpaired) electrons. The van der Waals surface area contributed by atoms with Gasteiger partial charge in [0.15, 0.2) is 0 Å². The van der Waals surface area contributed by atoms with E-state index in [1.165, 1.54) is 122 Å². The normalized spacial score (nSPS) is 9.40. The minimum atomic E-state index is 1.05. The van der Waals surface area contributed by atoms with Crippen LogP contribution in [0.3, 0.4) is 0 Å². The van der Waals surface area contributed by atoms with Gasteiger partial charge in [-0.25, -0.2) is 0 Å². The van der Waals surface area contributed by atoms with E-state index in [1.54, 1.807) is 12.4 Å². The fraction of sp³-hybridized carbons (Fsp3) is 0.557. The summed E-state index contributed by atoms with van der Waals surface area (Å²) in [6.07, 6.45) is 21.7. The number of para-hydroxylation sites is 2. The molecule has 2 aromatic heterocycles. The molecule has 0 amide bonds. The molecular weight excluding hydrogens is 1220 g/mol. The molecule has 590 valence electrons. The highest BCUT2D eigenvalue weighted by Gasteiger charge is 2.15. The van der Waals surface area contributed by atoms with Crippen molar-refractivity contribution in [3.63, 3.8) is 0 Å². The molecule has 101 heavy (non-hydrogen) atoms. The average Bonchev–Trinajstić information content (AvgIpc) is 1.74. The number of aromatic nitrogens is 2. The van der Waals surface area contributed by atoms with E-state index in [0.717, 1.165) is 19.5 Å². The second kappa shape index (κ2) is 133. The van der Waals surface area contributed by atoms with Crippen LogP contribution in [0.5, 0.6) is 0 Å². The summed E-state index contributed by atoms with van der Waals surface area (Å²) in [5, 5.41) is 3.95. The zero-order chi connectivity index (χ0) is 81.4. The number of fused-ring (bicyclic) bond motifs is 4. The van der Waals surface area contributed by atoms with E-state index in [1.807, 2.05) is 248 Å². The SMILES string of the molecule is C1=Cc2ccccc2C1.CC.CC.CC.CC.CC.CC.CC.CC.CC.CC.CC.CC.CC.CC.CCC.CCC.CCC.CCC.CCN1CCCCC1.CCN1CCc2ccccc21.CCn1ccc2ccccc21.c1ccc2ccccc2c1.c1ccccc1.c1ccncc1. The summed E-state index contributed by atoms with van der Waals surface area (Å²) in [6.45, 7) is 86.9. The molecule has 0 N–H and O–H groups in total. The molecule has 1 fully saturated rings. The fourth-order valence-electron chi connectivity index (χ4n) is 7.45. The van der Waals surface area contributed by atoms with Crippen molar-refractivity contribution in [2.45, 2.75) is 334 Å². The van der Waals surface area contributed by atoms with Crippen LogP contribution < -0.4 is 4.90 Å². The van der Waals surface area contributed by atoms with Crippen molar-refractivity contribution < 1.29 is 0 Å². The quantitative estimate of drug-likeness (QED) is 0.176. The van der Waals surface area contributed by atoms with E-state index >= 15 is 0 Å². The molecule has 0 atom stereocenters. The second-order valence-corrected chi connectivity index (χ2v) is 17.8. The third-order valence-electron chi connectivity index (χ3n) is 10.9. The number of nitrogens with zero attached hydrogens (tertiary/aromatic N) is 4. The van der Waals surface area contributed by atoms with Crippen molar-refractivity contribution in [3.8, 4) is 0 Å². The summed E-state index contributed by atoms with van der Waals surface area (Å²) < 4.78 is 2.25. The number of allylic oxidation sites excluding steroid dienone is 1. The van der Waals surface area contributed by atoms with Crippen molar-refractivity contribution in [2.24, 2.45) is 0 Å². The molecule has 0 spiro atoms. The monoisotopic (exact) mass is 1400 g/mol. The molecule has 4 nitrogen and oxygen atoms in total. The average molecular weight is 1400 g/mol. The Balaban J connectivity index is -0.0000000675. The number of rotatable bonds is 3.